The molecule has 0 fully saturated rings. The van der Waals surface area contributed by atoms with Crippen LogP contribution >= 0.6 is 0 Å². The molecule has 156 valence electrons. The van der Waals surface area contributed by atoms with Gasteiger partial charge < -0.3 is 9.47 Å². The van der Waals surface area contributed by atoms with Crippen LogP contribution in [-0.4, -0.2) is 26.6 Å². The number of cyclic esters (lactones) is 1. The maximum atomic E-state index is 14.5. The molecule has 2 N–H and O–H groups in total. The molecule has 0 unspecified atom stereocenters. The van der Waals surface area contributed by atoms with E-state index in [9.17, 15) is 22.0 Å². The Kier molecular flexibility index (Phi) is 4.79. The van der Waals surface area contributed by atoms with Crippen molar-refractivity contribution in [3.63, 3.8) is 0 Å². The fraction of sp³-hybridized carbons (Fsp3) is 0.158. The predicted molar refractivity (Wildman–Crippen MR) is 102 cm³/mol. The summed E-state index contributed by atoms with van der Waals surface area (Å²) in [6.07, 6.45) is 0.702. The normalized spacial score (nSPS) is 13.9. The molecule has 0 saturated carbocycles. The third-order valence-corrected chi connectivity index (χ3v) is 5.62. The molecule has 0 spiro atoms. The van der Waals surface area contributed by atoms with Crippen molar-refractivity contribution < 1.29 is 31.5 Å². The van der Waals surface area contributed by atoms with Crippen LogP contribution in [0.1, 0.15) is 11.1 Å². The lowest BCUT2D eigenvalue weighted by Crippen LogP contribution is -2.36. The fourth-order valence-electron chi connectivity index (χ4n) is 3.26. The number of benzene rings is 2. The van der Waals surface area contributed by atoms with Gasteiger partial charge in [-0.25, -0.2) is 27.1 Å². The number of halogens is 2. The number of primary sulfonamides is 1. The largest absolute Gasteiger partial charge is 0.497 e. The Bertz CT molecular complexity index is 1270. The van der Waals surface area contributed by atoms with Crippen molar-refractivity contribution in [2.45, 2.75) is 18.0 Å². The van der Waals surface area contributed by atoms with Crippen LogP contribution in [0.4, 0.5) is 19.3 Å². The fourth-order valence-corrected chi connectivity index (χ4v) is 3.79. The van der Waals surface area contributed by atoms with Crippen molar-refractivity contribution in [1.82, 2.24) is 4.98 Å². The number of carbonyl (C=O) groups is 1. The second kappa shape index (κ2) is 7.18. The summed E-state index contributed by atoms with van der Waals surface area (Å²) < 4.78 is 62.2. The van der Waals surface area contributed by atoms with Crippen LogP contribution < -0.4 is 14.8 Å². The zero-order valence-corrected chi connectivity index (χ0v) is 16.4. The van der Waals surface area contributed by atoms with E-state index >= 15 is 0 Å². The molecule has 1 aliphatic heterocycles. The Hall–Kier alpha value is -3.31. The van der Waals surface area contributed by atoms with Gasteiger partial charge in [0.2, 0.25) is 10.0 Å². The first kappa shape index (κ1) is 20.0. The van der Waals surface area contributed by atoms with Gasteiger partial charge in [0.25, 0.3) is 0 Å². The third kappa shape index (κ3) is 3.42. The van der Waals surface area contributed by atoms with Crippen molar-refractivity contribution >= 4 is 32.7 Å². The maximum Gasteiger partial charge on any atom is 0.414 e. The summed E-state index contributed by atoms with van der Waals surface area (Å²) in [4.78, 5) is 17.2. The van der Waals surface area contributed by atoms with Crippen molar-refractivity contribution in [3.8, 4) is 5.75 Å². The summed E-state index contributed by atoms with van der Waals surface area (Å²) >= 11 is 0. The standard InChI is InChI=1S/C19H15F2N3O5S/c1-28-11-2-3-13-17(4-11)23-7-10-9-29-19(25)24(18(10)13)8-14-15(20)5-12(6-16(14)21)30(22,26)27/h2-7H,8-9H2,1H3,(H2,22,26,27). The van der Waals surface area contributed by atoms with Crippen LogP contribution in [0.5, 0.6) is 5.75 Å². The zero-order chi connectivity index (χ0) is 21.6. The lowest BCUT2D eigenvalue weighted by atomic mass is 10.1. The number of fused-ring (bicyclic) bond motifs is 3. The second-order valence-corrected chi connectivity index (χ2v) is 8.13. The van der Waals surface area contributed by atoms with E-state index < -0.39 is 44.8 Å². The van der Waals surface area contributed by atoms with E-state index in [1.165, 1.54) is 13.3 Å². The Morgan fingerprint density at radius 3 is 2.57 bits per heavy atom. The topological polar surface area (TPSA) is 112 Å². The monoisotopic (exact) mass is 435 g/mol. The van der Waals surface area contributed by atoms with Gasteiger partial charge in [-0.05, 0) is 24.3 Å². The molecule has 0 bridgehead atoms. The number of carbonyl (C=O) groups excluding carboxylic acids is 1. The zero-order valence-electron chi connectivity index (χ0n) is 15.6. The summed E-state index contributed by atoms with van der Waals surface area (Å²) in [5.74, 6) is -1.76. The molecule has 0 radical (unpaired) electrons. The molecule has 11 heteroatoms. The number of nitrogens with zero attached hydrogens (tertiary/aromatic N) is 2. The van der Waals surface area contributed by atoms with Gasteiger partial charge in [-0.1, -0.05) is 0 Å². The maximum absolute atomic E-state index is 14.5. The number of pyridine rings is 1. The lowest BCUT2D eigenvalue weighted by molar-refractivity contribution is 0.141. The molecular weight excluding hydrogens is 420 g/mol. The van der Waals surface area contributed by atoms with E-state index in [1.54, 1.807) is 18.2 Å². The average Bonchev–Trinajstić information content (AvgIpc) is 2.70. The van der Waals surface area contributed by atoms with Crippen LogP contribution in [-0.2, 0) is 27.9 Å². The molecule has 4 rings (SSSR count). The van der Waals surface area contributed by atoms with E-state index in [0.717, 1.165) is 4.90 Å². The SMILES string of the molecule is COc1ccc2c3c(cnc2c1)COC(=O)N3Cc1c(F)cc(S(N)(=O)=O)cc1F. The predicted octanol–water partition coefficient (Wildman–Crippen LogP) is 2.83. The Balaban J connectivity index is 1.84. The molecule has 3 aromatic rings. The molecule has 1 amide bonds. The number of methoxy groups -OCH3 is 1. The van der Waals surface area contributed by atoms with Crippen LogP contribution in [0.25, 0.3) is 10.9 Å². The first-order chi connectivity index (χ1) is 14.2. The van der Waals surface area contributed by atoms with Crippen molar-refractivity contribution in [2.24, 2.45) is 5.14 Å². The number of anilines is 1. The molecular formula is C19H15F2N3O5S. The second-order valence-electron chi connectivity index (χ2n) is 6.57. The van der Waals surface area contributed by atoms with Crippen molar-refractivity contribution in [1.29, 1.82) is 0 Å². The van der Waals surface area contributed by atoms with E-state index in [1.807, 2.05) is 0 Å². The number of hydrogen-bond donors (Lipinski definition) is 1. The van der Waals surface area contributed by atoms with Gasteiger partial charge in [-0.15, -0.1) is 0 Å². The smallest absolute Gasteiger partial charge is 0.414 e. The molecule has 1 aliphatic rings. The van der Waals surface area contributed by atoms with Gasteiger partial charge >= 0.3 is 6.09 Å². The third-order valence-electron chi connectivity index (χ3n) is 4.72. The molecule has 8 nitrogen and oxygen atoms in total. The van der Waals surface area contributed by atoms with Gasteiger partial charge in [0.05, 0.1) is 29.8 Å². The van der Waals surface area contributed by atoms with E-state index in [2.05, 4.69) is 4.98 Å². The highest BCUT2D eigenvalue weighted by atomic mass is 32.2. The number of aromatic nitrogens is 1. The lowest BCUT2D eigenvalue weighted by Gasteiger charge is -2.30. The number of rotatable bonds is 4. The number of sulfonamides is 1. The number of nitrogens with two attached hydrogens (primary N) is 1. The highest BCUT2D eigenvalue weighted by molar-refractivity contribution is 7.89. The summed E-state index contributed by atoms with van der Waals surface area (Å²) in [5.41, 5.74) is 0.950. The molecule has 30 heavy (non-hydrogen) atoms. The molecule has 0 saturated heterocycles. The number of hydrogen-bond acceptors (Lipinski definition) is 6. The quantitative estimate of drug-likeness (QED) is 0.675. The first-order valence-electron chi connectivity index (χ1n) is 8.59. The Labute approximate surface area is 169 Å². The average molecular weight is 435 g/mol. The van der Waals surface area contributed by atoms with Crippen molar-refractivity contribution in [2.75, 3.05) is 12.0 Å². The molecule has 2 aromatic carbocycles. The van der Waals surface area contributed by atoms with E-state index in [-0.39, 0.29) is 6.61 Å². The summed E-state index contributed by atoms with van der Waals surface area (Å²) in [6, 6.07) is 6.24. The van der Waals surface area contributed by atoms with Crippen LogP contribution in [0.3, 0.4) is 0 Å². The minimum Gasteiger partial charge on any atom is -0.497 e. The summed E-state index contributed by atoms with van der Waals surface area (Å²) in [6.45, 7) is -0.575. The van der Waals surface area contributed by atoms with Crippen LogP contribution in [0, 0.1) is 11.6 Å². The highest BCUT2D eigenvalue weighted by Gasteiger charge is 2.30. The van der Waals surface area contributed by atoms with E-state index in [0.29, 0.717) is 40.0 Å². The summed E-state index contributed by atoms with van der Waals surface area (Å²) in [7, 11) is -2.80. The number of amides is 1. The number of ether oxygens (including phenoxy) is 2. The molecule has 1 aromatic heterocycles. The Morgan fingerprint density at radius 2 is 1.93 bits per heavy atom. The van der Waals surface area contributed by atoms with Crippen molar-refractivity contribution in [3.05, 3.63) is 59.3 Å². The van der Waals surface area contributed by atoms with Gasteiger partial charge in [-0.2, -0.15) is 0 Å². The van der Waals surface area contributed by atoms with Gasteiger partial charge in [-0.3, -0.25) is 9.88 Å². The molecule has 0 atom stereocenters. The van der Waals surface area contributed by atoms with E-state index in [4.69, 9.17) is 14.6 Å². The highest BCUT2D eigenvalue weighted by Crippen LogP contribution is 2.36. The van der Waals surface area contributed by atoms with Crippen LogP contribution in [0.15, 0.2) is 41.4 Å². The minimum absolute atomic E-state index is 0.0467. The molecule has 2 heterocycles. The van der Waals surface area contributed by atoms with Crippen LogP contribution in [0.2, 0.25) is 0 Å². The Morgan fingerprint density at radius 1 is 1.23 bits per heavy atom. The van der Waals surface area contributed by atoms with Gasteiger partial charge in [0.15, 0.2) is 0 Å². The van der Waals surface area contributed by atoms with Gasteiger partial charge in [0, 0.05) is 28.8 Å². The molecule has 0 aliphatic carbocycles. The first-order valence-corrected chi connectivity index (χ1v) is 10.1. The summed E-state index contributed by atoms with van der Waals surface area (Å²) in [5, 5.41) is 5.50. The van der Waals surface area contributed by atoms with Gasteiger partial charge in [0.1, 0.15) is 24.0 Å². The minimum atomic E-state index is -4.30.